The van der Waals surface area contributed by atoms with E-state index in [1.807, 2.05) is 17.0 Å². The molecule has 2 aliphatic rings. The molecule has 2 aromatic carbocycles. The molecule has 0 saturated carbocycles. The lowest BCUT2D eigenvalue weighted by Crippen LogP contribution is -2.56. The first kappa shape index (κ1) is 26.5. The van der Waals surface area contributed by atoms with Gasteiger partial charge in [-0.25, -0.2) is 0 Å². The Morgan fingerprint density at radius 2 is 1.95 bits per heavy atom. The van der Waals surface area contributed by atoms with Gasteiger partial charge in [-0.3, -0.25) is 9.59 Å². The van der Waals surface area contributed by atoms with Crippen LogP contribution in [-0.4, -0.2) is 47.2 Å². The van der Waals surface area contributed by atoms with Crippen LogP contribution < -0.4 is 20.7 Å². The molecule has 0 radical (unpaired) electrons. The summed E-state index contributed by atoms with van der Waals surface area (Å²) in [6, 6.07) is 18.6. The van der Waals surface area contributed by atoms with Gasteiger partial charge in [0.1, 0.15) is 11.3 Å². The molecule has 202 valence electrons. The van der Waals surface area contributed by atoms with Crippen molar-refractivity contribution >= 4 is 29.1 Å². The third kappa shape index (κ3) is 7.04. The minimum Gasteiger partial charge on any atom is -0.439 e. The zero-order chi connectivity index (χ0) is 27.2. The van der Waals surface area contributed by atoms with Crippen molar-refractivity contribution in [3.63, 3.8) is 0 Å². The van der Waals surface area contributed by atoms with E-state index in [1.165, 1.54) is 12.1 Å². The van der Waals surface area contributed by atoms with Gasteiger partial charge < -0.3 is 30.3 Å². The first-order valence-electron chi connectivity index (χ1n) is 12.5. The average molecular weight is 552 g/mol. The van der Waals surface area contributed by atoms with Crippen molar-refractivity contribution in [3.05, 3.63) is 95.0 Å². The lowest BCUT2D eigenvalue weighted by atomic mass is 10.1. The Bertz CT molecular complexity index is 1350. The molecule has 1 aromatic heterocycles. The summed E-state index contributed by atoms with van der Waals surface area (Å²) in [6.45, 7) is 1.42. The van der Waals surface area contributed by atoms with Crippen LogP contribution in [0, 0.1) is 5.95 Å². The lowest BCUT2D eigenvalue weighted by molar-refractivity contribution is -0.125. The van der Waals surface area contributed by atoms with E-state index in [2.05, 4.69) is 20.9 Å². The molecule has 2 atom stereocenters. The Morgan fingerprint density at radius 3 is 2.67 bits per heavy atom. The van der Waals surface area contributed by atoms with Gasteiger partial charge in [0.25, 0.3) is 11.8 Å². The van der Waals surface area contributed by atoms with E-state index in [0.29, 0.717) is 36.2 Å². The van der Waals surface area contributed by atoms with Crippen LogP contribution in [-0.2, 0) is 20.9 Å². The van der Waals surface area contributed by atoms with E-state index in [-0.39, 0.29) is 17.6 Å². The molecule has 2 aliphatic heterocycles. The Morgan fingerprint density at radius 1 is 1.15 bits per heavy atom. The van der Waals surface area contributed by atoms with Crippen molar-refractivity contribution < 1.29 is 23.5 Å². The number of amides is 2. The van der Waals surface area contributed by atoms with Gasteiger partial charge in [-0.05, 0) is 60.9 Å². The molecule has 3 N–H and O–H groups in total. The summed E-state index contributed by atoms with van der Waals surface area (Å²) in [7, 11) is 0. The normalized spacial score (nSPS) is 18.8. The topological polar surface area (TPSA) is 105 Å². The van der Waals surface area contributed by atoms with E-state index in [0.717, 1.165) is 18.4 Å². The maximum absolute atomic E-state index is 13.3. The maximum atomic E-state index is 13.3. The zero-order valence-corrected chi connectivity index (χ0v) is 21.7. The molecule has 1 unspecified atom stereocenters. The van der Waals surface area contributed by atoms with Crippen LogP contribution in [0.15, 0.2) is 78.5 Å². The second kappa shape index (κ2) is 12.1. The van der Waals surface area contributed by atoms with Crippen LogP contribution in [0.5, 0.6) is 11.6 Å². The molecule has 9 nitrogen and oxygen atoms in total. The summed E-state index contributed by atoms with van der Waals surface area (Å²) in [5.74, 6) is -0.987. The highest BCUT2D eigenvalue weighted by atomic mass is 35.5. The monoisotopic (exact) mass is 551 g/mol. The number of carbonyl (C=O) groups excluding carboxylic acids is 2. The summed E-state index contributed by atoms with van der Waals surface area (Å²) >= 11 is 6.04. The van der Waals surface area contributed by atoms with E-state index >= 15 is 0 Å². The van der Waals surface area contributed by atoms with Crippen LogP contribution in [0.25, 0.3) is 0 Å². The standard InChI is InChI=1S/C28H27ClFN5O4/c29-19-8-6-18(7-9-19)16-35-17-23(26(36)31-15-22-3-2-14-38-22)27(37)34-28(35)32-20-10-12-21(13-11-20)39-25-5-1-4-24(30)33-25/h1,4-13,17,22,28,32H,2-3,14-16H2,(H,31,36)(H,34,37)/t22-,28?/m0/s1. The number of benzene rings is 2. The number of carbonyl (C=O) groups is 2. The highest BCUT2D eigenvalue weighted by Gasteiger charge is 2.31. The predicted molar refractivity (Wildman–Crippen MR) is 143 cm³/mol. The molecule has 3 heterocycles. The van der Waals surface area contributed by atoms with Gasteiger partial charge >= 0.3 is 0 Å². The quantitative estimate of drug-likeness (QED) is 0.271. The number of halogens is 2. The second-order valence-electron chi connectivity index (χ2n) is 9.13. The van der Waals surface area contributed by atoms with Gasteiger partial charge in [0.05, 0.1) is 6.10 Å². The SMILES string of the molecule is O=C(NC[C@@H]1CCCO1)C1=CN(Cc2ccc(Cl)cc2)C(Nc2ccc(Oc3cccc(F)n3)cc2)NC1=O. The number of aromatic nitrogens is 1. The smallest absolute Gasteiger partial charge is 0.261 e. The van der Waals surface area contributed by atoms with E-state index in [4.69, 9.17) is 21.1 Å². The molecule has 1 saturated heterocycles. The molecule has 11 heteroatoms. The van der Waals surface area contributed by atoms with Crippen molar-refractivity contribution in [2.75, 3.05) is 18.5 Å². The minimum absolute atomic E-state index is 0.00588. The molecule has 5 rings (SSSR count). The van der Waals surface area contributed by atoms with E-state index in [9.17, 15) is 14.0 Å². The van der Waals surface area contributed by atoms with Gasteiger partial charge in [-0.2, -0.15) is 9.37 Å². The number of pyridine rings is 1. The fraction of sp³-hybridized carbons (Fsp3) is 0.250. The summed E-state index contributed by atoms with van der Waals surface area (Å²) in [6.07, 6.45) is 2.70. The highest BCUT2D eigenvalue weighted by Crippen LogP contribution is 2.24. The first-order valence-corrected chi connectivity index (χ1v) is 12.9. The molecule has 2 amide bonds. The molecular formula is C28H27ClFN5O4. The van der Waals surface area contributed by atoms with E-state index < -0.39 is 24.1 Å². The number of rotatable bonds is 9. The summed E-state index contributed by atoms with van der Waals surface area (Å²) in [5.41, 5.74) is 1.62. The Labute approximate surface area is 230 Å². The number of nitrogens with one attached hydrogen (secondary N) is 3. The average Bonchev–Trinajstić information content (AvgIpc) is 3.45. The molecule has 3 aromatic rings. The number of nitrogens with zero attached hydrogens (tertiary/aromatic N) is 2. The highest BCUT2D eigenvalue weighted by molar-refractivity contribution is 6.30. The van der Waals surface area contributed by atoms with Crippen molar-refractivity contribution in [1.82, 2.24) is 20.5 Å². The number of anilines is 1. The molecule has 0 bridgehead atoms. The fourth-order valence-electron chi connectivity index (χ4n) is 4.25. The van der Waals surface area contributed by atoms with Crippen LogP contribution in [0.3, 0.4) is 0 Å². The maximum Gasteiger partial charge on any atom is 0.261 e. The zero-order valence-electron chi connectivity index (χ0n) is 20.9. The Kier molecular flexibility index (Phi) is 8.24. The first-order chi connectivity index (χ1) is 18.9. The molecule has 39 heavy (non-hydrogen) atoms. The van der Waals surface area contributed by atoms with Crippen LogP contribution in [0.4, 0.5) is 10.1 Å². The third-order valence-electron chi connectivity index (χ3n) is 6.25. The van der Waals surface area contributed by atoms with Crippen molar-refractivity contribution in [3.8, 4) is 11.6 Å². The summed E-state index contributed by atoms with van der Waals surface area (Å²) in [4.78, 5) is 31.3. The van der Waals surface area contributed by atoms with Crippen molar-refractivity contribution in [2.24, 2.45) is 0 Å². The van der Waals surface area contributed by atoms with Crippen LogP contribution in [0.1, 0.15) is 18.4 Å². The number of hydrogen-bond acceptors (Lipinski definition) is 7. The van der Waals surface area contributed by atoms with Crippen molar-refractivity contribution in [2.45, 2.75) is 31.8 Å². The largest absolute Gasteiger partial charge is 0.439 e. The molecular weight excluding hydrogens is 525 g/mol. The summed E-state index contributed by atoms with van der Waals surface area (Å²) < 4.78 is 24.5. The predicted octanol–water partition coefficient (Wildman–Crippen LogP) is 4.17. The van der Waals surface area contributed by atoms with Gasteiger partial charge in [0.2, 0.25) is 11.8 Å². The number of hydrogen-bond donors (Lipinski definition) is 3. The van der Waals surface area contributed by atoms with Gasteiger partial charge in [-0.15, -0.1) is 0 Å². The lowest BCUT2D eigenvalue weighted by Gasteiger charge is -2.36. The van der Waals surface area contributed by atoms with Gasteiger partial charge in [0, 0.05) is 42.7 Å². The molecule has 1 fully saturated rings. The Balaban J connectivity index is 1.30. The number of ether oxygens (including phenoxy) is 2. The fourth-order valence-corrected chi connectivity index (χ4v) is 4.38. The van der Waals surface area contributed by atoms with Crippen molar-refractivity contribution in [1.29, 1.82) is 0 Å². The van der Waals surface area contributed by atoms with E-state index in [1.54, 1.807) is 48.7 Å². The second-order valence-corrected chi connectivity index (χ2v) is 9.57. The molecule has 0 spiro atoms. The van der Waals surface area contributed by atoms with Gasteiger partial charge in [-0.1, -0.05) is 29.8 Å². The summed E-state index contributed by atoms with van der Waals surface area (Å²) in [5, 5.41) is 9.57. The molecule has 0 aliphatic carbocycles. The Hall–Kier alpha value is -4.15. The minimum atomic E-state index is -0.653. The van der Waals surface area contributed by atoms with Crippen LogP contribution in [0.2, 0.25) is 5.02 Å². The third-order valence-corrected chi connectivity index (χ3v) is 6.50. The van der Waals surface area contributed by atoms with Crippen LogP contribution >= 0.6 is 11.6 Å². The van der Waals surface area contributed by atoms with Gasteiger partial charge in [0.15, 0.2) is 6.29 Å².